The standard InChI is InChI=1S/C14H13BClNO3/c1-9-4-2-3-5-13(9)17-14(18)10-6-7-11(15(19)20)12(16)8-10/h2-8,19-20H,1H3,(H,17,18). The molecular formula is C14H13BClNO3. The van der Waals surface area contributed by atoms with Gasteiger partial charge in [-0.1, -0.05) is 35.9 Å². The minimum Gasteiger partial charge on any atom is -0.423 e. The fourth-order valence-corrected chi connectivity index (χ4v) is 2.06. The van der Waals surface area contributed by atoms with Crippen molar-refractivity contribution in [1.82, 2.24) is 0 Å². The maximum Gasteiger partial charge on any atom is 0.489 e. The van der Waals surface area contributed by atoms with Gasteiger partial charge in [-0.2, -0.15) is 0 Å². The highest BCUT2D eigenvalue weighted by Gasteiger charge is 2.17. The molecule has 1 amide bonds. The van der Waals surface area contributed by atoms with E-state index in [-0.39, 0.29) is 16.4 Å². The number of halogens is 1. The number of aryl methyl sites for hydroxylation is 1. The topological polar surface area (TPSA) is 69.6 Å². The minimum atomic E-state index is -1.66. The Bertz CT molecular complexity index is 646. The van der Waals surface area contributed by atoms with Crippen LogP contribution in [0.3, 0.4) is 0 Å². The van der Waals surface area contributed by atoms with E-state index >= 15 is 0 Å². The van der Waals surface area contributed by atoms with Crippen LogP contribution in [0, 0.1) is 6.92 Å². The highest BCUT2D eigenvalue weighted by Crippen LogP contribution is 2.16. The lowest BCUT2D eigenvalue weighted by atomic mass is 9.80. The summed E-state index contributed by atoms with van der Waals surface area (Å²) in [5.41, 5.74) is 2.19. The van der Waals surface area contributed by atoms with Crippen LogP contribution in [-0.4, -0.2) is 23.1 Å². The van der Waals surface area contributed by atoms with Gasteiger partial charge in [0.25, 0.3) is 5.91 Å². The van der Waals surface area contributed by atoms with Crippen LogP contribution in [0.25, 0.3) is 0 Å². The van der Waals surface area contributed by atoms with E-state index in [2.05, 4.69) is 5.32 Å². The molecule has 0 radical (unpaired) electrons. The molecule has 0 aliphatic rings. The normalized spacial score (nSPS) is 10.2. The Kier molecular flexibility index (Phi) is 4.44. The molecule has 0 unspecified atom stereocenters. The van der Waals surface area contributed by atoms with E-state index in [0.717, 1.165) is 11.3 Å². The molecule has 0 atom stereocenters. The molecule has 0 saturated heterocycles. The average molecular weight is 290 g/mol. The zero-order valence-corrected chi connectivity index (χ0v) is 11.6. The molecule has 2 aromatic carbocycles. The van der Waals surface area contributed by atoms with Gasteiger partial charge in [-0.15, -0.1) is 0 Å². The van der Waals surface area contributed by atoms with Gasteiger partial charge in [-0.25, -0.2) is 0 Å². The minimum absolute atomic E-state index is 0.137. The van der Waals surface area contributed by atoms with Crippen molar-refractivity contribution in [1.29, 1.82) is 0 Å². The van der Waals surface area contributed by atoms with Crippen molar-refractivity contribution in [2.45, 2.75) is 6.92 Å². The first-order valence-corrected chi connectivity index (χ1v) is 6.39. The first-order valence-electron chi connectivity index (χ1n) is 6.01. The van der Waals surface area contributed by atoms with Crippen LogP contribution in [0.5, 0.6) is 0 Å². The third kappa shape index (κ3) is 3.19. The number of hydrogen-bond donors (Lipinski definition) is 3. The van der Waals surface area contributed by atoms with Gasteiger partial charge < -0.3 is 15.4 Å². The van der Waals surface area contributed by atoms with Gasteiger partial charge in [0.2, 0.25) is 0 Å². The first kappa shape index (κ1) is 14.6. The van der Waals surface area contributed by atoms with Crippen LogP contribution in [0.15, 0.2) is 42.5 Å². The van der Waals surface area contributed by atoms with Crippen molar-refractivity contribution in [2.24, 2.45) is 0 Å². The molecule has 0 aliphatic carbocycles. The Morgan fingerprint density at radius 3 is 2.50 bits per heavy atom. The van der Waals surface area contributed by atoms with Crippen LogP contribution >= 0.6 is 11.6 Å². The Morgan fingerprint density at radius 2 is 1.90 bits per heavy atom. The second kappa shape index (κ2) is 6.09. The quantitative estimate of drug-likeness (QED) is 0.751. The molecule has 2 rings (SSSR count). The number of carbonyl (C=O) groups excluding carboxylic acids is 1. The monoisotopic (exact) mass is 289 g/mol. The zero-order valence-electron chi connectivity index (χ0n) is 10.8. The van der Waals surface area contributed by atoms with Crippen molar-refractivity contribution in [3.8, 4) is 0 Å². The first-order chi connectivity index (χ1) is 9.49. The molecule has 2 aromatic rings. The lowest BCUT2D eigenvalue weighted by molar-refractivity contribution is 0.102. The summed E-state index contributed by atoms with van der Waals surface area (Å²) in [5.74, 6) is -0.305. The van der Waals surface area contributed by atoms with Crippen LogP contribution in [-0.2, 0) is 0 Å². The fraction of sp³-hybridized carbons (Fsp3) is 0.0714. The van der Waals surface area contributed by atoms with E-state index in [0.29, 0.717) is 5.56 Å². The van der Waals surface area contributed by atoms with Gasteiger partial charge in [-0.3, -0.25) is 4.79 Å². The Labute approximate surface area is 122 Å². The van der Waals surface area contributed by atoms with E-state index in [1.54, 1.807) is 6.07 Å². The third-order valence-electron chi connectivity index (χ3n) is 2.93. The van der Waals surface area contributed by atoms with Crippen molar-refractivity contribution in [2.75, 3.05) is 5.32 Å². The lowest BCUT2D eigenvalue weighted by Crippen LogP contribution is -2.31. The number of hydrogen-bond acceptors (Lipinski definition) is 3. The van der Waals surface area contributed by atoms with Crippen LogP contribution in [0.2, 0.25) is 5.02 Å². The third-order valence-corrected chi connectivity index (χ3v) is 3.26. The molecule has 0 spiro atoms. The molecule has 0 saturated carbocycles. The largest absolute Gasteiger partial charge is 0.489 e. The smallest absolute Gasteiger partial charge is 0.423 e. The molecular weight excluding hydrogens is 276 g/mol. The van der Waals surface area contributed by atoms with Gasteiger partial charge in [0.1, 0.15) is 0 Å². The summed E-state index contributed by atoms with van der Waals surface area (Å²) >= 11 is 5.90. The highest BCUT2D eigenvalue weighted by molar-refractivity contribution is 6.62. The molecule has 4 nitrogen and oxygen atoms in total. The molecule has 0 aliphatic heterocycles. The summed E-state index contributed by atoms with van der Waals surface area (Å²) in [7, 11) is -1.66. The molecule has 6 heteroatoms. The number of para-hydroxylation sites is 1. The SMILES string of the molecule is Cc1ccccc1NC(=O)c1ccc(B(O)O)c(Cl)c1. The summed E-state index contributed by atoms with van der Waals surface area (Å²) < 4.78 is 0. The van der Waals surface area contributed by atoms with Gasteiger partial charge in [-0.05, 0) is 30.7 Å². The van der Waals surface area contributed by atoms with Gasteiger partial charge >= 0.3 is 7.12 Å². The Balaban J connectivity index is 2.22. The molecule has 102 valence electrons. The van der Waals surface area contributed by atoms with Crippen LogP contribution < -0.4 is 10.8 Å². The summed E-state index contributed by atoms with van der Waals surface area (Å²) in [6.45, 7) is 1.90. The van der Waals surface area contributed by atoms with E-state index in [1.165, 1.54) is 18.2 Å². The Morgan fingerprint density at radius 1 is 1.20 bits per heavy atom. The fourth-order valence-electron chi connectivity index (χ4n) is 1.79. The van der Waals surface area contributed by atoms with Crippen LogP contribution in [0.1, 0.15) is 15.9 Å². The summed E-state index contributed by atoms with van der Waals surface area (Å²) in [6, 6.07) is 11.7. The van der Waals surface area contributed by atoms with E-state index in [4.69, 9.17) is 21.6 Å². The van der Waals surface area contributed by atoms with E-state index in [9.17, 15) is 4.79 Å². The second-order valence-corrected chi connectivity index (χ2v) is 4.79. The maximum absolute atomic E-state index is 12.1. The number of amides is 1. The number of rotatable bonds is 3. The van der Waals surface area contributed by atoms with Crippen molar-refractivity contribution >= 4 is 35.8 Å². The van der Waals surface area contributed by atoms with Crippen LogP contribution in [0.4, 0.5) is 5.69 Å². The zero-order chi connectivity index (χ0) is 14.7. The molecule has 0 fully saturated rings. The lowest BCUT2D eigenvalue weighted by Gasteiger charge is -2.09. The van der Waals surface area contributed by atoms with E-state index < -0.39 is 7.12 Å². The second-order valence-electron chi connectivity index (χ2n) is 4.38. The van der Waals surface area contributed by atoms with Gasteiger partial charge in [0.05, 0.1) is 0 Å². The van der Waals surface area contributed by atoms with Gasteiger partial charge in [0.15, 0.2) is 0 Å². The van der Waals surface area contributed by atoms with Crippen molar-refractivity contribution < 1.29 is 14.8 Å². The van der Waals surface area contributed by atoms with Crippen molar-refractivity contribution in [3.63, 3.8) is 0 Å². The van der Waals surface area contributed by atoms with Crippen molar-refractivity contribution in [3.05, 3.63) is 58.6 Å². The van der Waals surface area contributed by atoms with E-state index in [1.807, 2.05) is 25.1 Å². The Hall–Kier alpha value is -1.82. The predicted octanol–water partition coefficient (Wildman–Crippen LogP) is 1.58. The number of anilines is 1. The molecule has 0 heterocycles. The summed E-state index contributed by atoms with van der Waals surface area (Å²) in [6.07, 6.45) is 0. The average Bonchev–Trinajstić information content (AvgIpc) is 2.40. The maximum atomic E-state index is 12.1. The number of nitrogens with one attached hydrogen (secondary N) is 1. The molecule has 0 bridgehead atoms. The molecule has 20 heavy (non-hydrogen) atoms. The molecule has 0 aromatic heterocycles. The predicted molar refractivity (Wildman–Crippen MR) is 80.4 cm³/mol. The highest BCUT2D eigenvalue weighted by atomic mass is 35.5. The molecule has 3 N–H and O–H groups in total. The number of benzene rings is 2. The number of carbonyl (C=O) groups is 1. The van der Waals surface area contributed by atoms with Gasteiger partial charge in [0, 0.05) is 21.7 Å². The summed E-state index contributed by atoms with van der Waals surface area (Å²) in [4.78, 5) is 12.1. The summed E-state index contributed by atoms with van der Waals surface area (Å²) in [5, 5.41) is 21.1.